The molecule has 0 spiro atoms. The van der Waals surface area contributed by atoms with Crippen molar-refractivity contribution in [1.82, 2.24) is 9.88 Å². The first-order valence-electron chi connectivity index (χ1n) is 11.9. The van der Waals surface area contributed by atoms with E-state index in [2.05, 4.69) is 9.88 Å². The summed E-state index contributed by atoms with van der Waals surface area (Å²) >= 11 is 8.09. The molecule has 0 aliphatic carbocycles. The first kappa shape index (κ1) is 26.1. The van der Waals surface area contributed by atoms with Crippen molar-refractivity contribution in [1.29, 1.82) is 0 Å². The standard InChI is InChI=1S/C27H31ClF2N2O2S/c1-34-20-4-7-25-22(16-20)26(23(28)17-31-25)24(30)8-9-27(18-33)10-12-32(13-11-27)14-15-35-21-5-2-19(29)3-6-21/h2-7,16-17,24,33H,8-15,18H2,1H3/t24-/m1/s1. The van der Waals surface area contributed by atoms with Crippen LogP contribution in [0.25, 0.3) is 10.9 Å². The number of fused-ring (bicyclic) bond motifs is 1. The van der Waals surface area contributed by atoms with Crippen molar-refractivity contribution in [2.75, 3.05) is 39.1 Å². The van der Waals surface area contributed by atoms with Crippen LogP contribution < -0.4 is 4.74 Å². The van der Waals surface area contributed by atoms with Crippen molar-refractivity contribution in [2.45, 2.75) is 36.8 Å². The molecule has 2 aromatic carbocycles. The molecule has 0 radical (unpaired) electrons. The highest BCUT2D eigenvalue weighted by Gasteiger charge is 2.35. The number of methoxy groups -OCH3 is 1. The number of thioether (sulfide) groups is 1. The van der Waals surface area contributed by atoms with Crippen LogP contribution in [0.5, 0.6) is 5.75 Å². The van der Waals surface area contributed by atoms with Gasteiger partial charge in [-0.2, -0.15) is 0 Å². The zero-order valence-electron chi connectivity index (χ0n) is 19.9. The minimum absolute atomic E-state index is 0.0521. The molecular weight excluding hydrogens is 490 g/mol. The van der Waals surface area contributed by atoms with E-state index in [0.29, 0.717) is 33.7 Å². The van der Waals surface area contributed by atoms with Gasteiger partial charge in [0.25, 0.3) is 0 Å². The average Bonchev–Trinajstić information content (AvgIpc) is 2.89. The quantitative estimate of drug-likeness (QED) is 0.302. The zero-order valence-corrected chi connectivity index (χ0v) is 21.4. The van der Waals surface area contributed by atoms with E-state index in [-0.39, 0.29) is 24.3 Å². The number of benzene rings is 2. The smallest absolute Gasteiger partial charge is 0.127 e. The molecule has 4 nitrogen and oxygen atoms in total. The Morgan fingerprint density at radius 1 is 1.20 bits per heavy atom. The maximum atomic E-state index is 15.6. The number of aliphatic hydroxyl groups excluding tert-OH is 1. The summed E-state index contributed by atoms with van der Waals surface area (Å²) in [5.41, 5.74) is 0.841. The number of pyridine rings is 1. The molecule has 1 N–H and O–H groups in total. The lowest BCUT2D eigenvalue weighted by atomic mass is 9.74. The highest BCUT2D eigenvalue weighted by molar-refractivity contribution is 7.99. The van der Waals surface area contributed by atoms with Gasteiger partial charge in [-0.1, -0.05) is 11.6 Å². The number of piperidine rings is 1. The fraction of sp³-hybridized carbons (Fsp3) is 0.444. The molecule has 3 aromatic rings. The van der Waals surface area contributed by atoms with Crippen LogP contribution in [0.3, 0.4) is 0 Å². The molecule has 4 rings (SSSR count). The van der Waals surface area contributed by atoms with E-state index in [4.69, 9.17) is 16.3 Å². The van der Waals surface area contributed by atoms with Gasteiger partial charge in [-0.3, -0.25) is 4.98 Å². The first-order chi connectivity index (χ1) is 16.9. The summed E-state index contributed by atoms with van der Waals surface area (Å²) in [5, 5.41) is 11.2. The maximum Gasteiger partial charge on any atom is 0.127 e. The third-order valence-electron chi connectivity index (χ3n) is 7.05. The van der Waals surface area contributed by atoms with Gasteiger partial charge in [0.15, 0.2) is 0 Å². The van der Waals surface area contributed by atoms with Crippen LogP contribution in [0.1, 0.15) is 37.4 Å². The van der Waals surface area contributed by atoms with Gasteiger partial charge in [-0.05, 0) is 86.7 Å². The van der Waals surface area contributed by atoms with Crippen molar-refractivity contribution < 1.29 is 18.6 Å². The normalized spacial score (nSPS) is 16.9. The maximum absolute atomic E-state index is 15.6. The number of rotatable bonds is 10. The van der Waals surface area contributed by atoms with Crippen molar-refractivity contribution in [2.24, 2.45) is 5.41 Å². The molecule has 1 atom stereocenters. The SMILES string of the molecule is COc1ccc2ncc(Cl)c([C@H](F)CCC3(CO)CCN(CCSc4ccc(F)cc4)CC3)c2c1. The summed E-state index contributed by atoms with van der Waals surface area (Å²) in [6.45, 7) is 2.72. The average molecular weight is 521 g/mol. The van der Waals surface area contributed by atoms with E-state index in [1.54, 1.807) is 49.2 Å². The number of likely N-dealkylation sites (tertiary alicyclic amines) is 1. The molecule has 35 heavy (non-hydrogen) atoms. The van der Waals surface area contributed by atoms with E-state index < -0.39 is 6.17 Å². The van der Waals surface area contributed by atoms with Gasteiger partial charge in [0.05, 0.1) is 17.6 Å². The van der Waals surface area contributed by atoms with Crippen LogP contribution in [0, 0.1) is 11.2 Å². The van der Waals surface area contributed by atoms with Crippen LogP contribution in [-0.2, 0) is 0 Å². The summed E-state index contributed by atoms with van der Waals surface area (Å²) in [4.78, 5) is 7.76. The predicted molar refractivity (Wildman–Crippen MR) is 139 cm³/mol. The van der Waals surface area contributed by atoms with Crippen molar-refractivity contribution >= 4 is 34.3 Å². The summed E-state index contributed by atoms with van der Waals surface area (Å²) < 4.78 is 33.9. The van der Waals surface area contributed by atoms with Crippen LogP contribution in [0.15, 0.2) is 53.6 Å². The number of hydrogen-bond donors (Lipinski definition) is 1. The second-order valence-corrected chi connectivity index (χ2v) is 10.8. The summed E-state index contributed by atoms with van der Waals surface area (Å²) in [6, 6.07) is 11.9. The molecule has 0 unspecified atom stereocenters. The zero-order chi connectivity index (χ0) is 24.8. The van der Waals surface area contributed by atoms with Crippen LogP contribution in [0.2, 0.25) is 5.02 Å². The van der Waals surface area contributed by atoms with Crippen molar-refractivity contribution in [3.05, 3.63) is 65.1 Å². The van der Waals surface area contributed by atoms with Crippen LogP contribution in [-0.4, -0.2) is 54.1 Å². The van der Waals surface area contributed by atoms with Gasteiger partial charge in [-0.25, -0.2) is 8.78 Å². The van der Waals surface area contributed by atoms with E-state index in [0.717, 1.165) is 43.1 Å². The number of aromatic nitrogens is 1. The molecule has 0 amide bonds. The minimum atomic E-state index is -1.26. The Bertz CT molecular complexity index is 1120. The minimum Gasteiger partial charge on any atom is -0.497 e. The molecule has 1 saturated heterocycles. The lowest BCUT2D eigenvalue weighted by molar-refractivity contribution is 0.0323. The predicted octanol–water partition coefficient (Wildman–Crippen LogP) is 6.69. The molecule has 0 saturated carbocycles. The fourth-order valence-electron chi connectivity index (χ4n) is 4.75. The topological polar surface area (TPSA) is 45.6 Å². The molecular formula is C27H31ClF2N2O2S. The number of halogens is 3. The molecule has 1 aliphatic rings. The van der Waals surface area contributed by atoms with E-state index in [1.165, 1.54) is 18.3 Å². The Morgan fingerprint density at radius 2 is 1.94 bits per heavy atom. The van der Waals surface area contributed by atoms with E-state index >= 15 is 4.39 Å². The molecule has 2 heterocycles. The molecule has 1 fully saturated rings. The third kappa shape index (κ3) is 6.45. The molecule has 0 bridgehead atoms. The summed E-state index contributed by atoms with van der Waals surface area (Å²) in [6.07, 6.45) is 2.78. The highest BCUT2D eigenvalue weighted by atomic mass is 35.5. The Hall–Kier alpha value is -1.93. The van der Waals surface area contributed by atoms with Gasteiger partial charge >= 0.3 is 0 Å². The van der Waals surface area contributed by atoms with Crippen LogP contribution >= 0.6 is 23.4 Å². The Labute approximate surface area is 214 Å². The molecule has 1 aromatic heterocycles. The summed E-state index contributed by atoms with van der Waals surface area (Å²) in [5.74, 6) is 1.33. The number of hydrogen-bond acceptors (Lipinski definition) is 5. The third-order valence-corrected chi connectivity index (χ3v) is 8.34. The monoisotopic (exact) mass is 520 g/mol. The van der Waals surface area contributed by atoms with E-state index in [9.17, 15) is 9.50 Å². The lowest BCUT2D eigenvalue weighted by Crippen LogP contribution is -2.42. The Kier molecular flexibility index (Phi) is 8.87. The van der Waals surface area contributed by atoms with Gasteiger partial charge in [0.1, 0.15) is 17.7 Å². The second kappa shape index (κ2) is 11.9. The highest BCUT2D eigenvalue weighted by Crippen LogP contribution is 2.42. The summed E-state index contributed by atoms with van der Waals surface area (Å²) in [7, 11) is 1.57. The second-order valence-electron chi connectivity index (χ2n) is 9.21. The number of aliphatic hydroxyl groups is 1. The van der Waals surface area contributed by atoms with E-state index in [1.807, 2.05) is 0 Å². The number of alkyl halides is 1. The van der Waals surface area contributed by atoms with Gasteiger partial charge in [0.2, 0.25) is 0 Å². The van der Waals surface area contributed by atoms with Gasteiger partial charge < -0.3 is 14.7 Å². The number of ether oxygens (including phenoxy) is 1. The van der Waals surface area contributed by atoms with Crippen molar-refractivity contribution in [3.63, 3.8) is 0 Å². The van der Waals surface area contributed by atoms with Crippen LogP contribution in [0.4, 0.5) is 8.78 Å². The fourth-order valence-corrected chi connectivity index (χ4v) is 5.93. The number of nitrogens with zero attached hydrogens (tertiary/aromatic N) is 2. The lowest BCUT2D eigenvalue weighted by Gasteiger charge is -2.41. The molecule has 8 heteroatoms. The first-order valence-corrected chi connectivity index (χ1v) is 13.3. The van der Waals surface area contributed by atoms with Gasteiger partial charge in [0, 0.05) is 40.9 Å². The molecule has 188 valence electrons. The largest absolute Gasteiger partial charge is 0.497 e. The van der Waals surface area contributed by atoms with Gasteiger partial charge in [-0.15, -0.1) is 11.8 Å². The van der Waals surface area contributed by atoms with Crippen molar-refractivity contribution in [3.8, 4) is 5.75 Å². The molecule has 1 aliphatic heterocycles. The Morgan fingerprint density at radius 3 is 2.63 bits per heavy atom. The Balaban J connectivity index is 1.33.